The van der Waals surface area contributed by atoms with Crippen LogP contribution < -0.4 is 15.9 Å². The van der Waals surface area contributed by atoms with E-state index in [1.807, 2.05) is 0 Å². The number of nitrogens with one attached hydrogen (secondary N) is 1. The van der Waals surface area contributed by atoms with Crippen molar-refractivity contribution in [2.75, 3.05) is 18.3 Å². The van der Waals surface area contributed by atoms with E-state index in [2.05, 4.69) is 15.5 Å². The Morgan fingerprint density at radius 1 is 1.23 bits per heavy atom. The molecule has 0 aliphatic carbocycles. The highest BCUT2D eigenvalue weighted by Crippen LogP contribution is 2.37. The van der Waals surface area contributed by atoms with Crippen molar-refractivity contribution in [3.05, 3.63) is 64.9 Å². The third-order valence-electron chi connectivity index (χ3n) is 3.90. The van der Waals surface area contributed by atoms with Gasteiger partial charge in [-0.1, -0.05) is 53.7 Å². The number of amides is 1. The lowest BCUT2D eigenvalue weighted by atomic mass is 10.1. The monoisotopic (exact) mass is 457 g/mol. The van der Waals surface area contributed by atoms with Gasteiger partial charge < -0.3 is 15.9 Å². The summed E-state index contributed by atoms with van der Waals surface area (Å²) in [6.45, 7) is 0. The molecule has 2 aromatic carbocycles. The topological polar surface area (TPSA) is 95.1 Å². The molecule has 3 N–H and O–H groups in total. The van der Waals surface area contributed by atoms with Crippen LogP contribution in [0.5, 0.6) is 5.75 Å². The number of nitrogens with zero attached hydrogens (tertiary/aromatic N) is 3. The minimum Gasteiger partial charge on any atom is -0.495 e. The van der Waals surface area contributed by atoms with Crippen LogP contribution in [0.25, 0.3) is 0 Å². The predicted molar refractivity (Wildman–Crippen MR) is 107 cm³/mol. The summed E-state index contributed by atoms with van der Waals surface area (Å²) >= 11 is 6.82. The molecule has 12 heteroatoms. The first-order valence-electron chi connectivity index (χ1n) is 8.34. The average molecular weight is 458 g/mol. The summed E-state index contributed by atoms with van der Waals surface area (Å²) in [7, 11) is 1.46. The second-order valence-electron chi connectivity index (χ2n) is 5.92. The van der Waals surface area contributed by atoms with Gasteiger partial charge in [0.25, 0.3) is 5.82 Å². The number of ether oxygens (including phenoxy) is 1. The van der Waals surface area contributed by atoms with E-state index in [4.69, 9.17) is 22.2 Å². The fourth-order valence-corrected chi connectivity index (χ4v) is 3.72. The van der Waals surface area contributed by atoms with E-state index in [0.29, 0.717) is 21.7 Å². The lowest BCUT2D eigenvalue weighted by molar-refractivity contribution is -0.146. The number of aromatic nitrogens is 3. The maximum Gasteiger partial charge on any atom is 0.453 e. The summed E-state index contributed by atoms with van der Waals surface area (Å²) in [6, 6.07) is 13.2. The van der Waals surface area contributed by atoms with Gasteiger partial charge in [0.1, 0.15) is 11.0 Å². The van der Waals surface area contributed by atoms with Gasteiger partial charge in [-0.3, -0.25) is 4.79 Å². The van der Waals surface area contributed by atoms with Crippen molar-refractivity contribution in [2.24, 2.45) is 0 Å². The Bertz CT molecular complexity index is 1050. The molecule has 158 valence electrons. The molecule has 1 unspecified atom stereocenters. The molecule has 30 heavy (non-hydrogen) atoms. The molecule has 0 spiro atoms. The second-order valence-corrected chi connectivity index (χ2v) is 7.40. The van der Waals surface area contributed by atoms with E-state index in [9.17, 15) is 18.0 Å². The number of nitrogen functional groups attached to an aromatic ring is 1. The van der Waals surface area contributed by atoms with Gasteiger partial charge in [-0.25, -0.2) is 4.68 Å². The number of nitrogens with two attached hydrogens (primary N) is 1. The van der Waals surface area contributed by atoms with Gasteiger partial charge >= 0.3 is 6.18 Å². The Balaban J connectivity index is 1.89. The van der Waals surface area contributed by atoms with Gasteiger partial charge in [-0.15, -0.1) is 10.2 Å². The number of halogens is 4. The number of hydrogen-bond acceptors (Lipinski definition) is 6. The SMILES string of the molecule is COc1ccc(NC(=O)C(Sc2nnc(C(F)(F)F)n2N)c2ccccc2)cc1Cl. The lowest BCUT2D eigenvalue weighted by Crippen LogP contribution is -2.23. The maximum atomic E-state index is 13.0. The summed E-state index contributed by atoms with van der Waals surface area (Å²) in [5.41, 5.74) is 0.925. The highest BCUT2D eigenvalue weighted by Gasteiger charge is 2.39. The minimum atomic E-state index is -4.77. The van der Waals surface area contributed by atoms with E-state index in [0.717, 1.165) is 11.8 Å². The number of hydrogen-bond donors (Lipinski definition) is 2. The van der Waals surface area contributed by atoms with E-state index in [1.165, 1.54) is 13.2 Å². The summed E-state index contributed by atoms with van der Waals surface area (Å²) < 4.78 is 44.2. The Morgan fingerprint density at radius 2 is 1.93 bits per heavy atom. The van der Waals surface area contributed by atoms with Crippen molar-refractivity contribution in [1.29, 1.82) is 0 Å². The Kier molecular flexibility index (Phi) is 6.42. The van der Waals surface area contributed by atoms with Gasteiger partial charge in [0.2, 0.25) is 11.1 Å². The van der Waals surface area contributed by atoms with Gasteiger partial charge in [0.15, 0.2) is 0 Å². The summed E-state index contributed by atoms with van der Waals surface area (Å²) in [6.07, 6.45) is -4.77. The van der Waals surface area contributed by atoms with E-state index in [1.54, 1.807) is 42.5 Å². The predicted octanol–water partition coefficient (Wildman–Crippen LogP) is 4.14. The molecule has 0 fully saturated rings. The number of thioether (sulfide) groups is 1. The second kappa shape index (κ2) is 8.84. The van der Waals surface area contributed by atoms with Crippen molar-refractivity contribution in [2.45, 2.75) is 16.6 Å². The van der Waals surface area contributed by atoms with Crippen molar-refractivity contribution in [3.63, 3.8) is 0 Å². The molecule has 1 aromatic heterocycles. The van der Waals surface area contributed by atoms with Crippen LogP contribution in [-0.2, 0) is 11.0 Å². The average Bonchev–Trinajstić information content (AvgIpc) is 3.07. The molecule has 0 aliphatic heterocycles. The highest BCUT2D eigenvalue weighted by atomic mass is 35.5. The first kappa shape index (κ1) is 21.8. The van der Waals surface area contributed by atoms with Gasteiger partial charge in [-0.2, -0.15) is 13.2 Å². The summed E-state index contributed by atoms with van der Waals surface area (Å²) in [5, 5.41) is 8.33. The number of benzene rings is 2. The van der Waals surface area contributed by atoms with E-state index in [-0.39, 0.29) is 10.2 Å². The van der Waals surface area contributed by atoms with Crippen LogP contribution in [0.3, 0.4) is 0 Å². The van der Waals surface area contributed by atoms with Crippen molar-refractivity contribution in [1.82, 2.24) is 14.9 Å². The third-order valence-corrected chi connectivity index (χ3v) is 5.41. The largest absolute Gasteiger partial charge is 0.495 e. The normalized spacial score (nSPS) is 12.4. The fourth-order valence-electron chi connectivity index (χ4n) is 2.51. The van der Waals surface area contributed by atoms with Crippen molar-refractivity contribution >= 4 is 35.0 Å². The molecule has 1 atom stereocenters. The maximum absolute atomic E-state index is 13.0. The number of anilines is 1. The molecule has 3 rings (SSSR count). The Labute approximate surface area is 178 Å². The van der Waals surface area contributed by atoms with E-state index >= 15 is 0 Å². The third kappa shape index (κ3) is 4.79. The molecule has 0 saturated heterocycles. The molecule has 1 heterocycles. The number of methoxy groups -OCH3 is 1. The minimum absolute atomic E-state index is 0.265. The molecule has 1 amide bonds. The summed E-state index contributed by atoms with van der Waals surface area (Å²) in [5.74, 6) is 4.07. The van der Waals surface area contributed by atoms with Crippen molar-refractivity contribution < 1.29 is 22.7 Å². The first-order chi connectivity index (χ1) is 14.2. The molecule has 0 bridgehead atoms. The smallest absolute Gasteiger partial charge is 0.453 e. The molecular weight excluding hydrogens is 443 g/mol. The van der Waals surface area contributed by atoms with Crippen LogP contribution in [0.4, 0.5) is 18.9 Å². The summed E-state index contributed by atoms with van der Waals surface area (Å²) in [4.78, 5) is 13.0. The van der Waals surface area contributed by atoms with Crippen LogP contribution in [0.2, 0.25) is 5.02 Å². The molecule has 0 aliphatic rings. The quantitative estimate of drug-likeness (QED) is 0.426. The zero-order valence-electron chi connectivity index (χ0n) is 15.4. The fraction of sp³-hybridized carbons (Fsp3) is 0.167. The van der Waals surface area contributed by atoms with Crippen LogP contribution in [0.1, 0.15) is 16.6 Å². The van der Waals surface area contributed by atoms with Gasteiger partial charge in [0, 0.05) is 5.69 Å². The zero-order chi connectivity index (χ0) is 21.9. The number of alkyl halides is 3. The number of carbonyl (C=O) groups is 1. The van der Waals surface area contributed by atoms with E-state index < -0.39 is 23.2 Å². The van der Waals surface area contributed by atoms with Crippen LogP contribution >= 0.6 is 23.4 Å². The van der Waals surface area contributed by atoms with Crippen molar-refractivity contribution in [3.8, 4) is 5.75 Å². The highest BCUT2D eigenvalue weighted by molar-refractivity contribution is 8.00. The molecule has 0 saturated carbocycles. The number of carbonyl (C=O) groups excluding carboxylic acids is 1. The Hall–Kier alpha value is -2.92. The van der Waals surface area contributed by atoms with Crippen LogP contribution in [0, 0.1) is 0 Å². The Morgan fingerprint density at radius 3 is 2.50 bits per heavy atom. The molecule has 0 radical (unpaired) electrons. The zero-order valence-corrected chi connectivity index (χ0v) is 16.9. The first-order valence-corrected chi connectivity index (χ1v) is 9.60. The number of rotatable bonds is 6. The molecule has 3 aromatic rings. The molecular formula is C18H15ClF3N5O2S. The van der Waals surface area contributed by atoms with Crippen LogP contribution in [0.15, 0.2) is 53.7 Å². The molecule has 7 nitrogen and oxygen atoms in total. The lowest BCUT2D eigenvalue weighted by Gasteiger charge is -2.17. The van der Waals surface area contributed by atoms with Gasteiger partial charge in [0.05, 0.1) is 12.1 Å². The van der Waals surface area contributed by atoms with Crippen LogP contribution in [-0.4, -0.2) is 27.9 Å². The van der Waals surface area contributed by atoms with Gasteiger partial charge in [-0.05, 0) is 23.8 Å². The standard InChI is InChI=1S/C18H15ClF3N5O2S/c1-29-13-8-7-11(9-12(13)19)24-15(28)14(10-5-3-2-4-6-10)30-17-26-25-16(27(17)23)18(20,21)22/h2-9,14H,23H2,1H3,(H,24,28).